The van der Waals surface area contributed by atoms with E-state index in [-0.39, 0.29) is 19.0 Å². The molecule has 116 valence electrons. The maximum Gasteiger partial charge on any atom is 0.117 e. The summed E-state index contributed by atoms with van der Waals surface area (Å²) in [6.45, 7) is 4.61. The second-order valence-corrected chi connectivity index (χ2v) is 4.71. The van der Waals surface area contributed by atoms with Crippen LogP contribution in [0.25, 0.3) is 11.3 Å². The van der Waals surface area contributed by atoms with Crippen LogP contribution in [0.1, 0.15) is 25.5 Å². The Balaban J connectivity index is 0.00000220. The zero-order chi connectivity index (χ0) is 14.2. The first-order valence-corrected chi connectivity index (χ1v) is 7.16. The largest absolute Gasteiger partial charge is 0.396 e. The molecule has 0 unspecified atom stereocenters. The van der Waals surface area contributed by atoms with Crippen molar-refractivity contribution in [1.29, 1.82) is 0 Å². The molecule has 0 amide bonds. The van der Waals surface area contributed by atoms with Crippen molar-refractivity contribution in [2.24, 2.45) is 0 Å². The van der Waals surface area contributed by atoms with Crippen LogP contribution in [-0.4, -0.2) is 33.3 Å². The molecule has 0 aliphatic heterocycles. The number of hydrogen-bond acceptors (Lipinski definition) is 4. The summed E-state index contributed by atoms with van der Waals surface area (Å²) in [6, 6.07) is 10.1. The lowest BCUT2D eigenvalue weighted by Gasteiger charge is -2.02. The number of nitrogens with zero attached hydrogens (tertiary/aromatic N) is 3. The summed E-state index contributed by atoms with van der Waals surface area (Å²) in [5, 5.41) is 21.2. The van der Waals surface area contributed by atoms with E-state index < -0.39 is 0 Å². The summed E-state index contributed by atoms with van der Waals surface area (Å²) in [4.78, 5) is 1.77. The van der Waals surface area contributed by atoms with Crippen molar-refractivity contribution in [2.45, 2.75) is 32.9 Å². The van der Waals surface area contributed by atoms with Crippen molar-refractivity contribution in [3.8, 4) is 11.3 Å². The molecule has 0 aliphatic carbocycles. The number of benzene rings is 1. The molecular formula is C15H23ClN4O. The van der Waals surface area contributed by atoms with Gasteiger partial charge in [0.1, 0.15) is 11.4 Å². The second kappa shape index (κ2) is 9.50. The van der Waals surface area contributed by atoms with Gasteiger partial charge in [-0.05, 0) is 19.4 Å². The molecule has 5 nitrogen and oxygen atoms in total. The zero-order valence-electron chi connectivity index (χ0n) is 12.3. The Morgan fingerprint density at radius 2 is 1.95 bits per heavy atom. The fraction of sp³-hybridized carbons (Fsp3) is 0.467. The smallest absolute Gasteiger partial charge is 0.117 e. The number of aryl methyl sites for hydroxylation is 1. The van der Waals surface area contributed by atoms with E-state index in [0.29, 0.717) is 6.54 Å². The molecule has 0 saturated heterocycles. The van der Waals surface area contributed by atoms with Crippen LogP contribution in [0.3, 0.4) is 0 Å². The molecule has 6 heteroatoms. The topological polar surface area (TPSA) is 63.0 Å². The summed E-state index contributed by atoms with van der Waals surface area (Å²) < 4.78 is 0. The summed E-state index contributed by atoms with van der Waals surface area (Å²) in [5.41, 5.74) is 2.99. The third-order valence-corrected chi connectivity index (χ3v) is 3.00. The highest BCUT2D eigenvalue weighted by Gasteiger charge is 2.12. The monoisotopic (exact) mass is 310 g/mol. The van der Waals surface area contributed by atoms with E-state index >= 15 is 0 Å². The molecule has 0 saturated carbocycles. The van der Waals surface area contributed by atoms with Gasteiger partial charge in [-0.1, -0.05) is 37.3 Å². The van der Waals surface area contributed by atoms with Crippen LogP contribution in [-0.2, 0) is 13.1 Å². The van der Waals surface area contributed by atoms with E-state index in [1.807, 2.05) is 18.2 Å². The van der Waals surface area contributed by atoms with Crippen LogP contribution in [0.15, 0.2) is 30.3 Å². The van der Waals surface area contributed by atoms with E-state index in [1.165, 1.54) is 0 Å². The fourth-order valence-corrected chi connectivity index (χ4v) is 2.03. The Morgan fingerprint density at radius 1 is 1.19 bits per heavy atom. The van der Waals surface area contributed by atoms with Crippen molar-refractivity contribution in [2.75, 3.05) is 13.2 Å². The Labute approximate surface area is 131 Å². The van der Waals surface area contributed by atoms with Gasteiger partial charge in [0.25, 0.3) is 0 Å². The van der Waals surface area contributed by atoms with Crippen molar-refractivity contribution in [3.05, 3.63) is 36.0 Å². The number of aliphatic hydroxyl groups excluding tert-OH is 1. The predicted molar refractivity (Wildman–Crippen MR) is 86.4 cm³/mol. The van der Waals surface area contributed by atoms with Crippen LogP contribution in [0.5, 0.6) is 0 Å². The first-order chi connectivity index (χ1) is 9.85. The number of nitrogens with one attached hydrogen (secondary N) is 1. The molecule has 1 aromatic heterocycles. The van der Waals surface area contributed by atoms with Gasteiger partial charge in [-0.2, -0.15) is 15.0 Å². The Kier molecular flexibility index (Phi) is 7.97. The number of aliphatic hydroxyl groups is 1. The van der Waals surface area contributed by atoms with E-state index in [2.05, 4.69) is 34.6 Å². The van der Waals surface area contributed by atoms with Crippen molar-refractivity contribution < 1.29 is 5.11 Å². The minimum atomic E-state index is 0. The maximum absolute atomic E-state index is 8.80. The number of hydrogen-bond donors (Lipinski definition) is 2. The molecule has 0 spiro atoms. The fourth-order valence-electron chi connectivity index (χ4n) is 2.03. The first kappa shape index (κ1) is 17.6. The molecule has 0 aliphatic rings. The van der Waals surface area contributed by atoms with Crippen LogP contribution >= 0.6 is 12.4 Å². The van der Waals surface area contributed by atoms with Crippen molar-refractivity contribution in [3.63, 3.8) is 0 Å². The molecule has 0 fully saturated rings. The van der Waals surface area contributed by atoms with Gasteiger partial charge in [0, 0.05) is 18.7 Å². The lowest BCUT2D eigenvalue weighted by atomic mass is 10.1. The Bertz CT molecular complexity index is 516. The highest BCUT2D eigenvalue weighted by molar-refractivity contribution is 5.85. The average Bonchev–Trinajstić information content (AvgIpc) is 2.88. The Hall–Kier alpha value is -1.43. The molecule has 0 radical (unpaired) electrons. The third kappa shape index (κ3) is 5.12. The molecule has 0 bridgehead atoms. The summed E-state index contributed by atoms with van der Waals surface area (Å²) in [7, 11) is 0. The number of halogens is 1. The first-order valence-electron chi connectivity index (χ1n) is 7.16. The van der Waals surface area contributed by atoms with Gasteiger partial charge in [0.05, 0.1) is 6.54 Å². The normalized spacial score (nSPS) is 10.4. The van der Waals surface area contributed by atoms with Gasteiger partial charge >= 0.3 is 0 Å². The predicted octanol–water partition coefficient (Wildman–Crippen LogP) is 2.25. The standard InChI is InChI=1S/C15H22N4O.ClH/c1-2-10-19-17-14(12-16-9-6-11-20)15(18-19)13-7-4-3-5-8-13;/h3-5,7-8,16,20H,2,6,9-12H2,1H3;1H. The molecular weight excluding hydrogens is 288 g/mol. The molecule has 2 N–H and O–H groups in total. The highest BCUT2D eigenvalue weighted by atomic mass is 35.5. The van der Waals surface area contributed by atoms with Crippen molar-refractivity contribution in [1.82, 2.24) is 20.3 Å². The SMILES string of the molecule is CCCn1nc(CNCCCO)c(-c2ccccc2)n1.Cl. The quantitative estimate of drug-likeness (QED) is 0.734. The van der Waals surface area contributed by atoms with Gasteiger partial charge in [0.15, 0.2) is 0 Å². The van der Waals surface area contributed by atoms with Gasteiger partial charge in [0.2, 0.25) is 0 Å². The van der Waals surface area contributed by atoms with Crippen LogP contribution in [0.4, 0.5) is 0 Å². The summed E-state index contributed by atoms with van der Waals surface area (Å²) in [6.07, 6.45) is 1.77. The third-order valence-electron chi connectivity index (χ3n) is 3.00. The molecule has 1 aromatic carbocycles. The van der Waals surface area contributed by atoms with E-state index in [4.69, 9.17) is 5.11 Å². The molecule has 2 rings (SSSR count). The van der Waals surface area contributed by atoms with Crippen LogP contribution in [0.2, 0.25) is 0 Å². The molecule has 0 atom stereocenters. The van der Waals surface area contributed by atoms with Crippen molar-refractivity contribution >= 4 is 12.4 Å². The highest BCUT2D eigenvalue weighted by Crippen LogP contribution is 2.19. The van der Waals surface area contributed by atoms with E-state index in [0.717, 1.165) is 42.9 Å². The Morgan fingerprint density at radius 3 is 2.62 bits per heavy atom. The number of rotatable bonds is 8. The molecule has 21 heavy (non-hydrogen) atoms. The lowest BCUT2D eigenvalue weighted by molar-refractivity contribution is 0.286. The number of aromatic nitrogens is 3. The van der Waals surface area contributed by atoms with Gasteiger partial charge in [-0.3, -0.25) is 0 Å². The van der Waals surface area contributed by atoms with Gasteiger partial charge in [-0.15, -0.1) is 12.4 Å². The zero-order valence-corrected chi connectivity index (χ0v) is 13.1. The van der Waals surface area contributed by atoms with E-state index in [1.54, 1.807) is 4.80 Å². The minimum absolute atomic E-state index is 0. The van der Waals surface area contributed by atoms with Gasteiger partial charge in [-0.25, -0.2) is 0 Å². The van der Waals surface area contributed by atoms with E-state index in [9.17, 15) is 0 Å². The minimum Gasteiger partial charge on any atom is -0.396 e. The van der Waals surface area contributed by atoms with Gasteiger partial charge < -0.3 is 10.4 Å². The average molecular weight is 311 g/mol. The van der Waals surface area contributed by atoms with Crippen LogP contribution < -0.4 is 5.32 Å². The lowest BCUT2D eigenvalue weighted by Crippen LogP contribution is -2.16. The second-order valence-electron chi connectivity index (χ2n) is 4.71. The maximum atomic E-state index is 8.80. The summed E-state index contributed by atoms with van der Waals surface area (Å²) >= 11 is 0. The molecule has 1 heterocycles. The molecule has 2 aromatic rings. The summed E-state index contributed by atoms with van der Waals surface area (Å²) in [5.74, 6) is 0. The van der Waals surface area contributed by atoms with Crippen LogP contribution in [0, 0.1) is 0 Å².